The van der Waals surface area contributed by atoms with Crippen molar-refractivity contribution in [3.05, 3.63) is 66.1 Å². The summed E-state index contributed by atoms with van der Waals surface area (Å²) in [5.41, 5.74) is 2.68. The number of nitrogens with zero attached hydrogens (tertiary/aromatic N) is 5. The van der Waals surface area contributed by atoms with Crippen LogP contribution in [-0.2, 0) is 6.42 Å². The fraction of sp³-hybridized carbons (Fsp3) is 0.316. The minimum absolute atomic E-state index is 0.0737. The molecule has 6 nitrogen and oxygen atoms in total. The minimum atomic E-state index is 0.0737. The molecule has 0 saturated carbocycles. The maximum atomic E-state index is 13.1. The molecule has 6 heteroatoms. The van der Waals surface area contributed by atoms with E-state index < -0.39 is 0 Å². The highest BCUT2D eigenvalue weighted by Gasteiger charge is 2.30. The molecule has 1 aliphatic heterocycles. The van der Waals surface area contributed by atoms with Crippen LogP contribution >= 0.6 is 0 Å². The normalized spacial score (nSPS) is 18.6. The Bertz CT molecular complexity index is 876. The molecule has 1 aromatic carbocycles. The summed E-state index contributed by atoms with van der Waals surface area (Å²) in [7, 11) is 2.11. The molecule has 0 radical (unpaired) electrons. The third kappa shape index (κ3) is 3.25. The van der Waals surface area contributed by atoms with Crippen molar-refractivity contribution in [1.29, 1.82) is 0 Å². The highest BCUT2D eigenvalue weighted by molar-refractivity contribution is 5.94. The zero-order valence-corrected chi connectivity index (χ0v) is 14.2. The summed E-state index contributed by atoms with van der Waals surface area (Å²) < 4.78 is 1.79. The maximum Gasteiger partial charge on any atom is 0.255 e. The lowest BCUT2D eigenvalue weighted by molar-refractivity contribution is 0.0501. The van der Waals surface area contributed by atoms with E-state index >= 15 is 0 Å². The van der Waals surface area contributed by atoms with Gasteiger partial charge in [-0.05, 0) is 31.2 Å². The van der Waals surface area contributed by atoms with Crippen molar-refractivity contribution in [2.24, 2.45) is 0 Å². The van der Waals surface area contributed by atoms with Crippen LogP contribution in [0.15, 0.2) is 55.0 Å². The lowest BCUT2D eigenvalue weighted by Crippen LogP contribution is -2.54. The second-order valence-corrected chi connectivity index (χ2v) is 6.62. The van der Waals surface area contributed by atoms with Gasteiger partial charge >= 0.3 is 0 Å². The summed E-state index contributed by atoms with van der Waals surface area (Å²) >= 11 is 0. The first kappa shape index (κ1) is 15.8. The highest BCUT2D eigenvalue weighted by Crippen LogP contribution is 2.18. The number of rotatable bonds is 3. The Hall–Kier alpha value is -2.73. The van der Waals surface area contributed by atoms with Gasteiger partial charge in [0.15, 0.2) is 5.65 Å². The number of amides is 1. The summed E-state index contributed by atoms with van der Waals surface area (Å²) in [6, 6.07) is 14.2. The second kappa shape index (κ2) is 6.64. The van der Waals surface area contributed by atoms with Gasteiger partial charge in [-0.3, -0.25) is 9.20 Å². The number of carbonyl (C=O) groups excluding carboxylic acids is 1. The van der Waals surface area contributed by atoms with Crippen molar-refractivity contribution in [2.75, 3.05) is 26.7 Å². The molecule has 0 N–H and O–H groups in total. The largest absolute Gasteiger partial charge is 0.333 e. The molecule has 1 fully saturated rings. The van der Waals surface area contributed by atoms with Crippen LogP contribution in [0.5, 0.6) is 0 Å². The molecular weight excluding hydrogens is 314 g/mol. The molecular formula is C19H21N5O. The molecule has 25 heavy (non-hydrogen) atoms. The number of carbonyl (C=O) groups is 1. The van der Waals surface area contributed by atoms with E-state index in [0.29, 0.717) is 5.56 Å². The van der Waals surface area contributed by atoms with Crippen molar-refractivity contribution in [3.63, 3.8) is 0 Å². The zero-order chi connectivity index (χ0) is 17.2. The van der Waals surface area contributed by atoms with Gasteiger partial charge in [-0.25, -0.2) is 0 Å². The molecule has 1 amide bonds. The molecule has 3 heterocycles. The third-order valence-electron chi connectivity index (χ3n) is 4.80. The van der Waals surface area contributed by atoms with Gasteiger partial charge < -0.3 is 9.80 Å². The van der Waals surface area contributed by atoms with Crippen molar-refractivity contribution < 1.29 is 4.79 Å². The van der Waals surface area contributed by atoms with E-state index in [9.17, 15) is 4.79 Å². The Morgan fingerprint density at radius 2 is 2.00 bits per heavy atom. The van der Waals surface area contributed by atoms with E-state index in [-0.39, 0.29) is 11.9 Å². The predicted molar refractivity (Wildman–Crippen MR) is 95.5 cm³/mol. The van der Waals surface area contributed by atoms with Crippen LogP contribution in [-0.4, -0.2) is 63.0 Å². The van der Waals surface area contributed by atoms with E-state index in [1.165, 1.54) is 5.56 Å². The molecule has 1 atom stereocenters. The molecule has 1 saturated heterocycles. The van der Waals surface area contributed by atoms with Crippen molar-refractivity contribution >= 4 is 11.6 Å². The Morgan fingerprint density at radius 1 is 1.16 bits per heavy atom. The topological polar surface area (TPSA) is 53.7 Å². The maximum absolute atomic E-state index is 13.1. The van der Waals surface area contributed by atoms with Crippen molar-refractivity contribution in [1.82, 2.24) is 24.4 Å². The van der Waals surface area contributed by atoms with Gasteiger partial charge in [-0.15, -0.1) is 10.2 Å². The van der Waals surface area contributed by atoms with Gasteiger partial charge in [0.25, 0.3) is 5.91 Å². The molecule has 0 bridgehead atoms. The molecule has 0 spiro atoms. The third-order valence-corrected chi connectivity index (χ3v) is 4.80. The first-order valence-corrected chi connectivity index (χ1v) is 8.53. The Balaban J connectivity index is 1.59. The van der Waals surface area contributed by atoms with Crippen LogP contribution in [0.4, 0.5) is 0 Å². The Labute approximate surface area is 146 Å². The van der Waals surface area contributed by atoms with Crippen LogP contribution in [0.3, 0.4) is 0 Å². The van der Waals surface area contributed by atoms with E-state index in [2.05, 4.69) is 34.3 Å². The molecule has 1 unspecified atom stereocenters. The smallest absolute Gasteiger partial charge is 0.255 e. The molecule has 128 valence electrons. The average molecular weight is 335 g/mol. The van der Waals surface area contributed by atoms with Crippen LogP contribution < -0.4 is 0 Å². The van der Waals surface area contributed by atoms with E-state index in [4.69, 9.17) is 0 Å². The molecule has 4 rings (SSSR count). The number of hydrogen-bond acceptors (Lipinski definition) is 4. The number of aromatic nitrogens is 3. The standard InChI is InChI=1S/C19H21N5O/c1-22-9-10-24(17(13-22)11-15-5-3-2-4-6-15)19(25)16-7-8-18-21-20-14-23(18)12-16/h2-8,12,14,17H,9-11,13H2,1H3. The van der Waals surface area contributed by atoms with Crippen LogP contribution in [0.1, 0.15) is 15.9 Å². The molecule has 0 aliphatic carbocycles. The van der Waals surface area contributed by atoms with Crippen molar-refractivity contribution in [3.8, 4) is 0 Å². The number of benzene rings is 1. The Morgan fingerprint density at radius 3 is 2.84 bits per heavy atom. The lowest BCUT2D eigenvalue weighted by atomic mass is 10.0. The van der Waals surface area contributed by atoms with Gasteiger partial charge in [0.05, 0.1) is 5.56 Å². The van der Waals surface area contributed by atoms with E-state index in [0.717, 1.165) is 31.7 Å². The summed E-state index contributed by atoms with van der Waals surface area (Å²) in [5, 5.41) is 7.87. The summed E-state index contributed by atoms with van der Waals surface area (Å²) in [4.78, 5) is 17.4. The first-order valence-electron chi connectivity index (χ1n) is 8.53. The quantitative estimate of drug-likeness (QED) is 0.731. The van der Waals surface area contributed by atoms with Crippen molar-refractivity contribution in [2.45, 2.75) is 12.5 Å². The fourth-order valence-corrected chi connectivity index (χ4v) is 3.46. The summed E-state index contributed by atoms with van der Waals surface area (Å²) in [6.07, 6.45) is 4.30. The predicted octanol–water partition coefficient (Wildman–Crippen LogP) is 1.73. The first-order chi connectivity index (χ1) is 12.2. The van der Waals surface area contributed by atoms with E-state index in [1.54, 1.807) is 10.7 Å². The highest BCUT2D eigenvalue weighted by atomic mass is 16.2. The lowest BCUT2D eigenvalue weighted by Gasteiger charge is -2.40. The van der Waals surface area contributed by atoms with Gasteiger partial charge in [0, 0.05) is 31.9 Å². The van der Waals surface area contributed by atoms with E-state index in [1.807, 2.05) is 41.4 Å². The summed E-state index contributed by atoms with van der Waals surface area (Å²) in [5.74, 6) is 0.0737. The van der Waals surface area contributed by atoms with Crippen LogP contribution in [0.25, 0.3) is 5.65 Å². The Kier molecular flexibility index (Phi) is 4.19. The summed E-state index contributed by atoms with van der Waals surface area (Å²) in [6.45, 7) is 2.52. The molecule has 1 aliphatic rings. The van der Waals surface area contributed by atoms with Gasteiger partial charge in [-0.2, -0.15) is 0 Å². The minimum Gasteiger partial charge on any atom is -0.333 e. The number of pyridine rings is 1. The SMILES string of the molecule is CN1CCN(C(=O)c2ccc3nncn3c2)C(Cc2ccccc2)C1. The van der Waals surface area contributed by atoms with Crippen LogP contribution in [0, 0.1) is 0 Å². The number of fused-ring (bicyclic) bond motifs is 1. The average Bonchev–Trinajstić information content (AvgIpc) is 3.10. The van der Waals surface area contributed by atoms with Crippen LogP contribution in [0.2, 0.25) is 0 Å². The monoisotopic (exact) mass is 335 g/mol. The number of piperazine rings is 1. The molecule has 3 aromatic rings. The van der Waals surface area contributed by atoms with Gasteiger partial charge in [0.1, 0.15) is 6.33 Å². The second-order valence-electron chi connectivity index (χ2n) is 6.62. The van der Waals surface area contributed by atoms with Gasteiger partial charge in [-0.1, -0.05) is 30.3 Å². The zero-order valence-electron chi connectivity index (χ0n) is 14.2. The number of hydrogen-bond donors (Lipinski definition) is 0. The number of likely N-dealkylation sites (N-methyl/N-ethyl adjacent to an activating group) is 1. The van der Waals surface area contributed by atoms with Gasteiger partial charge in [0.2, 0.25) is 0 Å². The molecule has 2 aromatic heterocycles. The fourth-order valence-electron chi connectivity index (χ4n) is 3.46.